The number of nitrogens with zero attached hydrogens (tertiary/aromatic N) is 6. The summed E-state index contributed by atoms with van der Waals surface area (Å²) in [6.07, 6.45) is 5.99. The number of fused-ring (bicyclic) bond motifs is 3. The molecule has 7 nitrogen and oxygen atoms in total. The zero-order valence-electron chi connectivity index (χ0n) is 19.0. The molecule has 1 aliphatic carbocycles. The number of aromatic nitrogens is 4. The van der Waals surface area contributed by atoms with Crippen LogP contribution in [-0.4, -0.2) is 56.6 Å². The van der Waals surface area contributed by atoms with Gasteiger partial charge in [-0.1, -0.05) is 31.4 Å². The number of carbonyl (C=O) groups excluding carboxylic acids is 1. The fourth-order valence-electron chi connectivity index (χ4n) is 5.31. The highest BCUT2D eigenvalue weighted by Gasteiger charge is 2.28. The Kier molecular flexibility index (Phi) is 5.36. The molecule has 6 rings (SSSR count). The second-order valence-electron chi connectivity index (χ2n) is 9.27. The Morgan fingerprint density at radius 2 is 1.62 bits per heavy atom. The van der Waals surface area contributed by atoms with Crippen LogP contribution in [0.1, 0.15) is 54.2 Å². The lowest BCUT2D eigenvalue weighted by molar-refractivity contribution is 0.0746. The lowest BCUT2D eigenvalue weighted by Crippen LogP contribution is -2.49. The fourth-order valence-corrected chi connectivity index (χ4v) is 5.31. The molecule has 0 bridgehead atoms. The number of amides is 1. The Morgan fingerprint density at radius 3 is 2.38 bits per heavy atom. The molecular weight excluding hydrogens is 431 g/mol. The molecule has 8 heteroatoms. The molecule has 1 amide bonds. The Morgan fingerprint density at radius 1 is 0.882 bits per heavy atom. The third-order valence-corrected chi connectivity index (χ3v) is 7.16. The van der Waals surface area contributed by atoms with Crippen LogP contribution in [0.25, 0.3) is 16.6 Å². The first kappa shape index (κ1) is 21.0. The largest absolute Gasteiger partial charge is 0.338 e. The van der Waals surface area contributed by atoms with Gasteiger partial charge in [-0.25, -0.2) is 13.8 Å². The summed E-state index contributed by atoms with van der Waals surface area (Å²) >= 11 is 0. The van der Waals surface area contributed by atoms with Crippen LogP contribution < -0.4 is 4.90 Å². The Bertz CT molecular complexity index is 1340. The van der Waals surface area contributed by atoms with Crippen molar-refractivity contribution in [2.45, 2.75) is 38.0 Å². The van der Waals surface area contributed by atoms with E-state index in [4.69, 9.17) is 4.98 Å². The minimum Gasteiger partial charge on any atom is -0.338 e. The van der Waals surface area contributed by atoms with E-state index in [0.717, 1.165) is 41.2 Å². The van der Waals surface area contributed by atoms with Gasteiger partial charge in [0.05, 0.1) is 5.52 Å². The van der Waals surface area contributed by atoms with Gasteiger partial charge in [0, 0.05) is 43.0 Å². The summed E-state index contributed by atoms with van der Waals surface area (Å²) in [6.45, 7) is 2.48. The van der Waals surface area contributed by atoms with Crippen molar-refractivity contribution in [1.29, 1.82) is 0 Å². The van der Waals surface area contributed by atoms with Crippen molar-refractivity contribution >= 4 is 28.4 Å². The standard InChI is InChI=1S/C26H27FN6O/c27-20-12-10-19(11-13-20)25(34)31-14-16-32(17-15-31)26-28-22-9-5-4-8-21(22)24-30-29-23(33(24)26)18-6-2-1-3-7-18/h4-5,8-13,18H,1-3,6-7,14-17H2. The molecule has 1 aliphatic heterocycles. The van der Waals surface area contributed by atoms with Crippen molar-refractivity contribution < 1.29 is 9.18 Å². The molecule has 34 heavy (non-hydrogen) atoms. The van der Waals surface area contributed by atoms with E-state index in [-0.39, 0.29) is 11.7 Å². The highest BCUT2D eigenvalue weighted by atomic mass is 19.1. The zero-order valence-corrected chi connectivity index (χ0v) is 19.0. The molecule has 174 valence electrons. The molecule has 1 saturated heterocycles. The number of hydrogen-bond donors (Lipinski definition) is 0. The normalized spacial score (nSPS) is 17.6. The number of carbonyl (C=O) groups is 1. The van der Waals surface area contributed by atoms with Crippen LogP contribution in [0.2, 0.25) is 0 Å². The van der Waals surface area contributed by atoms with Gasteiger partial charge in [0.25, 0.3) is 5.91 Å². The molecule has 2 aromatic carbocycles. The van der Waals surface area contributed by atoms with Crippen molar-refractivity contribution in [3.8, 4) is 0 Å². The predicted molar refractivity (Wildman–Crippen MR) is 129 cm³/mol. The second-order valence-corrected chi connectivity index (χ2v) is 9.27. The highest BCUT2D eigenvalue weighted by molar-refractivity contribution is 5.94. The maximum Gasteiger partial charge on any atom is 0.253 e. The van der Waals surface area contributed by atoms with E-state index >= 15 is 0 Å². The summed E-state index contributed by atoms with van der Waals surface area (Å²) in [7, 11) is 0. The Labute approximate surface area is 197 Å². The van der Waals surface area contributed by atoms with Gasteiger partial charge in [-0.3, -0.25) is 4.79 Å². The van der Waals surface area contributed by atoms with Gasteiger partial charge >= 0.3 is 0 Å². The molecule has 0 radical (unpaired) electrons. The van der Waals surface area contributed by atoms with Crippen molar-refractivity contribution in [2.75, 3.05) is 31.1 Å². The van der Waals surface area contributed by atoms with Crippen molar-refractivity contribution in [3.05, 3.63) is 65.7 Å². The fraction of sp³-hybridized carbons (Fsp3) is 0.385. The van der Waals surface area contributed by atoms with Crippen molar-refractivity contribution in [1.82, 2.24) is 24.5 Å². The van der Waals surface area contributed by atoms with Crippen LogP contribution in [-0.2, 0) is 0 Å². The SMILES string of the molecule is O=C(c1ccc(F)cc1)N1CCN(c2nc3ccccc3c3nnc(C4CCCCC4)n23)CC1. The number of benzene rings is 2. The van der Waals surface area contributed by atoms with Gasteiger partial charge in [0.1, 0.15) is 11.6 Å². The summed E-state index contributed by atoms with van der Waals surface area (Å²) < 4.78 is 15.4. The van der Waals surface area contributed by atoms with E-state index in [2.05, 4.69) is 25.6 Å². The lowest BCUT2D eigenvalue weighted by atomic mass is 9.89. The molecule has 0 N–H and O–H groups in total. The molecule has 2 fully saturated rings. The van der Waals surface area contributed by atoms with Gasteiger partial charge in [-0.2, -0.15) is 0 Å². The molecule has 0 unspecified atom stereocenters. The molecule has 3 heterocycles. The van der Waals surface area contributed by atoms with Gasteiger partial charge in [-0.05, 0) is 49.2 Å². The zero-order chi connectivity index (χ0) is 23.1. The Balaban J connectivity index is 1.33. The van der Waals surface area contributed by atoms with E-state index in [1.807, 2.05) is 23.1 Å². The summed E-state index contributed by atoms with van der Waals surface area (Å²) in [6, 6.07) is 13.8. The average molecular weight is 459 g/mol. The summed E-state index contributed by atoms with van der Waals surface area (Å²) in [5, 5.41) is 10.3. The van der Waals surface area contributed by atoms with E-state index in [0.29, 0.717) is 37.7 Å². The Hall–Kier alpha value is -3.55. The number of rotatable bonds is 3. The molecule has 4 aromatic rings. The average Bonchev–Trinajstić information content (AvgIpc) is 3.35. The quantitative estimate of drug-likeness (QED) is 0.455. The van der Waals surface area contributed by atoms with Crippen molar-refractivity contribution in [2.24, 2.45) is 0 Å². The second kappa shape index (κ2) is 8.66. The smallest absolute Gasteiger partial charge is 0.253 e. The number of para-hydroxylation sites is 1. The molecule has 0 spiro atoms. The monoisotopic (exact) mass is 458 g/mol. The molecular formula is C26H27FN6O. The number of hydrogen-bond acceptors (Lipinski definition) is 5. The molecule has 2 aliphatic rings. The van der Waals surface area contributed by atoms with Crippen LogP contribution in [0.15, 0.2) is 48.5 Å². The first-order valence-electron chi connectivity index (χ1n) is 12.1. The van der Waals surface area contributed by atoms with E-state index in [1.165, 1.54) is 31.4 Å². The van der Waals surface area contributed by atoms with Gasteiger partial charge in [0.2, 0.25) is 5.95 Å². The lowest BCUT2D eigenvalue weighted by Gasteiger charge is -2.36. The van der Waals surface area contributed by atoms with E-state index < -0.39 is 0 Å². The third kappa shape index (κ3) is 3.67. The number of anilines is 1. The summed E-state index contributed by atoms with van der Waals surface area (Å²) in [4.78, 5) is 22.0. The van der Waals surface area contributed by atoms with Gasteiger partial charge in [-0.15, -0.1) is 10.2 Å². The van der Waals surface area contributed by atoms with Crippen LogP contribution in [0.3, 0.4) is 0 Å². The maximum atomic E-state index is 13.3. The minimum absolute atomic E-state index is 0.0662. The number of piperazine rings is 1. The number of halogens is 1. The van der Waals surface area contributed by atoms with Gasteiger partial charge in [0.15, 0.2) is 5.65 Å². The van der Waals surface area contributed by atoms with Gasteiger partial charge < -0.3 is 9.80 Å². The third-order valence-electron chi connectivity index (χ3n) is 7.16. The first-order valence-corrected chi connectivity index (χ1v) is 12.1. The topological polar surface area (TPSA) is 66.6 Å². The van der Waals surface area contributed by atoms with Crippen LogP contribution >= 0.6 is 0 Å². The highest BCUT2D eigenvalue weighted by Crippen LogP contribution is 2.34. The van der Waals surface area contributed by atoms with Crippen molar-refractivity contribution in [3.63, 3.8) is 0 Å². The summed E-state index contributed by atoms with van der Waals surface area (Å²) in [5.41, 5.74) is 2.27. The maximum absolute atomic E-state index is 13.3. The first-order chi connectivity index (χ1) is 16.7. The molecule has 2 aromatic heterocycles. The van der Waals surface area contributed by atoms with E-state index in [9.17, 15) is 9.18 Å². The van der Waals surface area contributed by atoms with E-state index in [1.54, 1.807) is 12.1 Å². The van der Waals surface area contributed by atoms with Crippen LogP contribution in [0.4, 0.5) is 10.3 Å². The summed E-state index contributed by atoms with van der Waals surface area (Å²) in [5.74, 6) is 1.85. The predicted octanol–water partition coefficient (Wildman–Crippen LogP) is 4.43. The molecule has 0 atom stereocenters. The van der Waals surface area contributed by atoms with Crippen LogP contribution in [0.5, 0.6) is 0 Å². The minimum atomic E-state index is -0.338. The molecule has 1 saturated carbocycles. The van der Waals surface area contributed by atoms with Crippen LogP contribution in [0, 0.1) is 5.82 Å².